The second-order valence-corrected chi connectivity index (χ2v) is 19.9. The molecule has 2 aliphatic carbocycles. The van der Waals surface area contributed by atoms with E-state index in [1.807, 2.05) is 66.7 Å². The number of carboxylic acid groups (broad SMARTS) is 1. The molecule has 0 bridgehead atoms. The summed E-state index contributed by atoms with van der Waals surface area (Å²) in [6, 6.07) is 15.1. The molecule has 2 aliphatic heterocycles. The quantitative estimate of drug-likeness (QED) is 0.186. The third kappa shape index (κ3) is 7.87. The molecular weight excluding hydrogens is 781 g/mol. The second kappa shape index (κ2) is 15.3. The fourth-order valence-corrected chi connectivity index (χ4v) is 10.7. The number of thiophene rings is 1. The van der Waals surface area contributed by atoms with Crippen molar-refractivity contribution in [3.05, 3.63) is 66.7 Å². The van der Waals surface area contributed by atoms with Crippen LogP contribution in [0.5, 0.6) is 5.88 Å². The highest BCUT2D eigenvalue weighted by Gasteiger charge is 2.62. The zero-order valence-corrected chi connectivity index (χ0v) is 34.4. The second-order valence-electron chi connectivity index (χ2n) is 16.8. The number of amides is 4. The maximum atomic E-state index is 14.9. The van der Waals surface area contributed by atoms with Crippen molar-refractivity contribution in [2.75, 3.05) is 6.54 Å². The summed E-state index contributed by atoms with van der Waals surface area (Å²) in [5.74, 6) is -2.25. The topological polar surface area (TPSA) is 188 Å². The SMILES string of the molecule is CC(C)(C)N(C(=O)O)[C@H]1CCCCCC=C[C@@H]2C[C@@]2(C(=O)NS(=O)(=O)C2CC2)NC(=O)[C@@H]2C[C@@H](Oc3nc4ccccc4nc3-c3cc4ccccc4s3)CN2C1=O. The minimum absolute atomic E-state index is 0.00811. The highest BCUT2D eigenvalue weighted by molar-refractivity contribution is 7.91. The minimum atomic E-state index is -3.92. The van der Waals surface area contributed by atoms with Gasteiger partial charge in [-0.1, -0.05) is 55.3 Å². The lowest BCUT2D eigenvalue weighted by Gasteiger charge is -2.41. The number of nitrogens with one attached hydrogen (secondary N) is 2. The van der Waals surface area contributed by atoms with Gasteiger partial charge in [0.15, 0.2) is 0 Å². The van der Waals surface area contributed by atoms with Gasteiger partial charge in [-0.05, 0) is 88.9 Å². The van der Waals surface area contributed by atoms with E-state index in [4.69, 9.17) is 14.7 Å². The fraction of sp³-hybridized carbons (Fsp3) is 0.476. The van der Waals surface area contributed by atoms with Crippen molar-refractivity contribution in [2.45, 2.75) is 113 Å². The van der Waals surface area contributed by atoms with Crippen LogP contribution in [0.15, 0.2) is 66.7 Å². The van der Waals surface area contributed by atoms with E-state index in [0.717, 1.165) is 27.8 Å². The molecule has 2 aromatic carbocycles. The average molecular weight is 829 g/mol. The first-order valence-electron chi connectivity index (χ1n) is 19.9. The van der Waals surface area contributed by atoms with E-state index in [1.54, 1.807) is 20.8 Å². The van der Waals surface area contributed by atoms with E-state index < -0.39 is 74.3 Å². The number of hydrogen-bond acceptors (Lipinski definition) is 10. The number of sulfonamides is 1. The molecule has 2 saturated carbocycles. The first-order chi connectivity index (χ1) is 27.6. The van der Waals surface area contributed by atoms with Crippen LogP contribution in [-0.4, -0.2) is 98.2 Å². The van der Waals surface area contributed by atoms with Crippen LogP contribution in [0.2, 0.25) is 0 Å². The van der Waals surface area contributed by atoms with Crippen LogP contribution in [0, 0.1) is 5.92 Å². The van der Waals surface area contributed by atoms with Crippen molar-refractivity contribution in [3.63, 3.8) is 0 Å². The molecule has 58 heavy (non-hydrogen) atoms. The van der Waals surface area contributed by atoms with Crippen molar-refractivity contribution in [2.24, 2.45) is 5.92 Å². The number of rotatable bonds is 7. The van der Waals surface area contributed by atoms with Gasteiger partial charge in [0, 0.05) is 22.6 Å². The number of para-hydroxylation sites is 2. The van der Waals surface area contributed by atoms with E-state index in [-0.39, 0.29) is 31.7 Å². The summed E-state index contributed by atoms with van der Waals surface area (Å²) in [4.78, 5) is 69.5. The number of carbonyl (C=O) groups excluding carboxylic acids is 3. The van der Waals surface area contributed by atoms with Gasteiger partial charge in [-0.15, -0.1) is 11.3 Å². The number of hydrogen-bond donors (Lipinski definition) is 3. The summed E-state index contributed by atoms with van der Waals surface area (Å²) < 4.78 is 35.8. The number of ether oxygens (including phenoxy) is 1. The van der Waals surface area contributed by atoms with Crippen LogP contribution in [0.3, 0.4) is 0 Å². The summed E-state index contributed by atoms with van der Waals surface area (Å²) >= 11 is 1.54. The standard InChI is InChI=1S/C42H48N6O8S2/c1-41(2,3)48(40(52)53)31-17-8-6-4-5-7-14-26-23-42(26,39(51)46-58(54,55)28-19-20-28)45-36(49)32-22-27(24-47(32)38(31)50)56-37-35(43-29-15-10-11-16-30(29)44-37)34-21-25-13-9-12-18-33(25)57-34/h7,9-16,18,21,26-28,31-32H,4-6,8,17,19-20,22-24H2,1-3H3,(H,45,49)(H,46,51)(H,52,53)/t26-,27-,31+,32+,42-/m1/s1. The molecule has 4 heterocycles. The molecule has 4 amide bonds. The van der Waals surface area contributed by atoms with Gasteiger partial charge < -0.3 is 20.1 Å². The third-order valence-electron chi connectivity index (χ3n) is 11.5. The van der Waals surface area contributed by atoms with Crippen molar-refractivity contribution in [1.82, 2.24) is 29.8 Å². The molecule has 0 radical (unpaired) electrons. The summed E-state index contributed by atoms with van der Waals surface area (Å²) in [6.07, 6.45) is 5.79. The van der Waals surface area contributed by atoms with Gasteiger partial charge in [0.05, 0.1) is 27.7 Å². The lowest BCUT2D eigenvalue weighted by molar-refractivity contribution is -0.144. The normalized spacial score (nSPS) is 25.6. The number of benzene rings is 2. The maximum absolute atomic E-state index is 14.9. The Kier molecular flexibility index (Phi) is 10.4. The number of carbonyl (C=O) groups is 4. The molecule has 3 fully saturated rings. The Balaban J connectivity index is 1.17. The Morgan fingerprint density at radius 3 is 2.45 bits per heavy atom. The van der Waals surface area contributed by atoms with Crippen LogP contribution in [0.25, 0.3) is 31.7 Å². The molecule has 8 rings (SSSR count). The third-order valence-corrected chi connectivity index (χ3v) is 14.5. The predicted octanol–water partition coefficient (Wildman–Crippen LogP) is 6.01. The Labute approximate surface area is 341 Å². The largest absolute Gasteiger partial charge is 0.471 e. The van der Waals surface area contributed by atoms with E-state index in [0.29, 0.717) is 42.4 Å². The van der Waals surface area contributed by atoms with Gasteiger partial charge in [0.1, 0.15) is 29.4 Å². The van der Waals surface area contributed by atoms with E-state index >= 15 is 0 Å². The molecule has 3 N–H and O–H groups in total. The Morgan fingerprint density at radius 2 is 1.74 bits per heavy atom. The van der Waals surface area contributed by atoms with E-state index in [2.05, 4.69) is 10.0 Å². The molecule has 2 aromatic heterocycles. The van der Waals surface area contributed by atoms with Crippen molar-refractivity contribution < 1.29 is 37.4 Å². The fourth-order valence-electron chi connectivity index (χ4n) is 8.30. The van der Waals surface area contributed by atoms with Crippen LogP contribution in [0.4, 0.5) is 4.79 Å². The molecule has 14 nitrogen and oxygen atoms in total. The van der Waals surface area contributed by atoms with E-state index in [9.17, 15) is 32.7 Å². The minimum Gasteiger partial charge on any atom is -0.471 e. The number of nitrogens with zero attached hydrogens (tertiary/aromatic N) is 4. The maximum Gasteiger partial charge on any atom is 0.408 e. The first kappa shape index (κ1) is 39.7. The van der Waals surface area contributed by atoms with Gasteiger partial charge in [-0.3, -0.25) is 24.0 Å². The smallest absolute Gasteiger partial charge is 0.408 e. The van der Waals surface area contributed by atoms with Gasteiger partial charge in [-0.25, -0.2) is 23.2 Å². The van der Waals surface area contributed by atoms with Crippen molar-refractivity contribution >= 4 is 66.3 Å². The Hall–Kier alpha value is -5.09. The molecule has 0 spiro atoms. The molecular formula is C42H48N6O8S2. The summed E-state index contributed by atoms with van der Waals surface area (Å²) in [5.41, 5.74) is -0.743. The Bertz CT molecular complexity index is 2390. The number of aromatic nitrogens is 2. The monoisotopic (exact) mass is 828 g/mol. The van der Waals surface area contributed by atoms with Gasteiger partial charge >= 0.3 is 6.09 Å². The van der Waals surface area contributed by atoms with E-state index in [1.165, 1.54) is 21.1 Å². The van der Waals surface area contributed by atoms with Crippen LogP contribution in [-0.2, 0) is 24.4 Å². The Morgan fingerprint density at radius 1 is 1.02 bits per heavy atom. The molecule has 5 atom stereocenters. The number of allylic oxidation sites excluding steroid dienone is 1. The van der Waals surface area contributed by atoms with Gasteiger partial charge in [0.25, 0.3) is 5.91 Å². The molecule has 1 saturated heterocycles. The lowest BCUT2D eigenvalue weighted by atomic mass is 9.98. The highest BCUT2D eigenvalue weighted by Crippen LogP contribution is 2.46. The number of fused-ring (bicyclic) bond motifs is 4. The van der Waals surface area contributed by atoms with Gasteiger partial charge in [0.2, 0.25) is 27.7 Å². The molecule has 306 valence electrons. The zero-order valence-electron chi connectivity index (χ0n) is 32.7. The predicted molar refractivity (Wildman–Crippen MR) is 220 cm³/mol. The molecule has 4 aliphatic rings. The summed E-state index contributed by atoms with van der Waals surface area (Å²) in [7, 11) is -3.92. The van der Waals surface area contributed by atoms with Crippen molar-refractivity contribution in [3.8, 4) is 16.5 Å². The van der Waals surface area contributed by atoms with Crippen molar-refractivity contribution in [1.29, 1.82) is 0 Å². The molecule has 0 unspecified atom stereocenters. The van der Waals surface area contributed by atoms with Crippen LogP contribution >= 0.6 is 11.3 Å². The first-order valence-corrected chi connectivity index (χ1v) is 22.3. The lowest BCUT2D eigenvalue weighted by Crippen LogP contribution is -2.60. The van der Waals surface area contributed by atoms with Crippen LogP contribution < -0.4 is 14.8 Å². The zero-order chi connectivity index (χ0) is 41.0. The average Bonchev–Trinajstić information content (AvgIpc) is 4.06. The van der Waals surface area contributed by atoms with Gasteiger partial charge in [-0.2, -0.15) is 0 Å². The molecule has 4 aromatic rings. The molecule has 16 heteroatoms. The van der Waals surface area contributed by atoms with Crippen LogP contribution in [0.1, 0.15) is 78.6 Å². The summed E-state index contributed by atoms with van der Waals surface area (Å²) in [5, 5.41) is 13.8. The highest BCUT2D eigenvalue weighted by atomic mass is 32.2. The summed E-state index contributed by atoms with van der Waals surface area (Å²) in [6.45, 7) is 5.11.